The highest BCUT2D eigenvalue weighted by atomic mass is 127. The maximum atomic E-state index is 4.30. The fraction of sp³-hybridized carbons (Fsp3) is 0.308. The number of nitrogens with one attached hydrogen (secondary N) is 1. The van der Waals surface area contributed by atoms with Gasteiger partial charge in [-0.1, -0.05) is 31.2 Å². The lowest BCUT2D eigenvalue weighted by Crippen LogP contribution is -2.12. The molecule has 0 aliphatic rings. The van der Waals surface area contributed by atoms with Crippen molar-refractivity contribution in [3.8, 4) is 0 Å². The van der Waals surface area contributed by atoms with E-state index in [1.54, 1.807) is 0 Å². The zero-order chi connectivity index (χ0) is 12.1. The highest BCUT2D eigenvalue weighted by molar-refractivity contribution is 14.1. The second-order valence-corrected chi connectivity index (χ2v) is 5.20. The molecule has 0 fully saturated rings. The van der Waals surface area contributed by atoms with E-state index in [2.05, 4.69) is 70.4 Å². The average molecular weight is 341 g/mol. The van der Waals surface area contributed by atoms with Crippen LogP contribution in [0.25, 0.3) is 0 Å². The number of hydrogen-bond acceptors (Lipinski definition) is 2. The molecule has 1 N–H and O–H groups in total. The molecule has 0 saturated heterocycles. The molecule has 90 valence electrons. The van der Waals surface area contributed by atoms with E-state index in [1.807, 2.05) is 10.9 Å². The van der Waals surface area contributed by atoms with E-state index in [0.717, 1.165) is 19.6 Å². The molecule has 0 amide bonds. The van der Waals surface area contributed by atoms with Crippen LogP contribution in [0, 0.1) is 3.57 Å². The first-order valence-corrected chi connectivity index (χ1v) is 6.82. The number of nitrogens with zero attached hydrogens (tertiary/aromatic N) is 2. The molecule has 0 spiro atoms. The highest BCUT2D eigenvalue weighted by Gasteiger charge is 1.99. The molecule has 4 heteroatoms. The van der Waals surface area contributed by atoms with Crippen LogP contribution in [-0.4, -0.2) is 16.3 Å². The van der Waals surface area contributed by atoms with Crippen LogP contribution in [0.2, 0.25) is 0 Å². The van der Waals surface area contributed by atoms with Gasteiger partial charge in [0.15, 0.2) is 0 Å². The van der Waals surface area contributed by atoms with Crippen molar-refractivity contribution in [3.63, 3.8) is 0 Å². The summed E-state index contributed by atoms with van der Waals surface area (Å²) >= 11 is 2.28. The molecule has 0 radical (unpaired) electrons. The number of aromatic nitrogens is 2. The topological polar surface area (TPSA) is 29.9 Å². The zero-order valence-corrected chi connectivity index (χ0v) is 12.0. The smallest absolute Gasteiger partial charge is 0.0659 e. The quantitative estimate of drug-likeness (QED) is 0.848. The van der Waals surface area contributed by atoms with Gasteiger partial charge in [-0.2, -0.15) is 5.10 Å². The number of benzene rings is 1. The van der Waals surface area contributed by atoms with Crippen LogP contribution in [-0.2, 0) is 13.1 Å². The molecule has 0 atom stereocenters. The van der Waals surface area contributed by atoms with Gasteiger partial charge in [0.05, 0.1) is 16.3 Å². The van der Waals surface area contributed by atoms with E-state index in [9.17, 15) is 0 Å². The van der Waals surface area contributed by atoms with Gasteiger partial charge in [-0.05, 0) is 40.3 Å². The minimum Gasteiger partial charge on any atom is -0.313 e. The summed E-state index contributed by atoms with van der Waals surface area (Å²) in [5.74, 6) is 0. The Morgan fingerprint density at radius 3 is 2.88 bits per heavy atom. The summed E-state index contributed by atoms with van der Waals surface area (Å²) < 4.78 is 3.14. The lowest BCUT2D eigenvalue weighted by atomic mass is 10.1. The SMILES string of the molecule is CCNCc1cccc(Cn2cc(I)cn2)c1. The molecule has 0 aliphatic carbocycles. The van der Waals surface area contributed by atoms with Crippen molar-refractivity contribution in [1.82, 2.24) is 15.1 Å². The van der Waals surface area contributed by atoms with E-state index in [1.165, 1.54) is 14.7 Å². The minimum absolute atomic E-state index is 0.836. The molecule has 1 aromatic carbocycles. The molecule has 0 bridgehead atoms. The average Bonchev–Trinajstić information content (AvgIpc) is 2.73. The van der Waals surface area contributed by atoms with Crippen molar-refractivity contribution >= 4 is 22.6 Å². The molecule has 1 heterocycles. The summed E-state index contributed by atoms with van der Waals surface area (Å²) in [5, 5.41) is 7.63. The Labute approximate surface area is 115 Å². The minimum atomic E-state index is 0.836. The maximum Gasteiger partial charge on any atom is 0.0659 e. The van der Waals surface area contributed by atoms with Gasteiger partial charge >= 0.3 is 0 Å². The van der Waals surface area contributed by atoms with E-state index in [0.29, 0.717) is 0 Å². The summed E-state index contributed by atoms with van der Waals surface area (Å²) in [7, 11) is 0. The van der Waals surface area contributed by atoms with Gasteiger partial charge in [0.2, 0.25) is 0 Å². The van der Waals surface area contributed by atoms with Crippen LogP contribution >= 0.6 is 22.6 Å². The normalized spacial score (nSPS) is 10.7. The molecular weight excluding hydrogens is 325 g/mol. The van der Waals surface area contributed by atoms with Crippen molar-refractivity contribution in [1.29, 1.82) is 0 Å². The predicted octanol–water partition coefficient (Wildman–Crippen LogP) is 2.65. The largest absolute Gasteiger partial charge is 0.313 e. The summed E-state index contributed by atoms with van der Waals surface area (Å²) in [6.45, 7) is 4.89. The van der Waals surface area contributed by atoms with Gasteiger partial charge in [-0.3, -0.25) is 4.68 Å². The van der Waals surface area contributed by atoms with E-state index in [-0.39, 0.29) is 0 Å². The molecule has 1 aromatic heterocycles. The Kier molecular flexibility index (Phi) is 4.56. The maximum absolute atomic E-state index is 4.30. The van der Waals surface area contributed by atoms with E-state index >= 15 is 0 Å². The third-order valence-corrected chi connectivity index (χ3v) is 3.07. The van der Waals surface area contributed by atoms with Crippen LogP contribution in [0.5, 0.6) is 0 Å². The molecule has 0 unspecified atom stereocenters. The first-order valence-electron chi connectivity index (χ1n) is 5.74. The van der Waals surface area contributed by atoms with Gasteiger partial charge in [-0.25, -0.2) is 0 Å². The van der Waals surface area contributed by atoms with Crippen LogP contribution in [0.4, 0.5) is 0 Å². The summed E-state index contributed by atoms with van der Waals surface area (Å²) in [4.78, 5) is 0. The molecule has 3 nitrogen and oxygen atoms in total. The summed E-state index contributed by atoms with van der Waals surface area (Å²) in [6, 6.07) is 8.64. The number of rotatable bonds is 5. The van der Waals surface area contributed by atoms with Crippen molar-refractivity contribution in [2.75, 3.05) is 6.54 Å². The first-order chi connectivity index (χ1) is 8.28. The first kappa shape index (κ1) is 12.6. The van der Waals surface area contributed by atoms with Gasteiger partial charge in [-0.15, -0.1) is 0 Å². The molecular formula is C13H16IN3. The summed E-state index contributed by atoms with van der Waals surface area (Å²) in [6.07, 6.45) is 3.93. The third-order valence-electron chi connectivity index (χ3n) is 2.52. The lowest BCUT2D eigenvalue weighted by molar-refractivity contribution is 0.682. The van der Waals surface area contributed by atoms with Crippen molar-refractivity contribution in [2.24, 2.45) is 0 Å². The Hall–Kier alpha value is -0.880. The van der Waals surface area contributed by atoms with Crippen molar-refractivity contribution in [3.05, 3.63) is 51.4 Å². The fourth-order valence-corrected chi connectivity index (χ4v) is 2.17. The second kappa shape index (κ2) is 6.16. The van der Waals surface area contributed by atoms with Gasteiger partial charge in [0.1, 0.15) is 0 Å². The van der Waals surface area contributed by atoms with Gasteiger partial charge in [0, 0.05) is 12.7 Å². The van der Waals surface area contributed by atoms with Crippen LogP contribution < -0.4 is 5.32 Å². The van der Waals surface area contributed by atoms with E-state index in [4.69, 9.17) is 0 Å². The lowest BCUT2D eigenvalue weighted by Gasteiger charge is -2.06. The number of halogens is 1. The van der Waals surface area contributed by atoms with Gasteiger partial charge < -0.3 is 5.32 Å². The van der Waals surface area contributed by atoms with E-state index < -0.39 is 0 Å². The standard InChI is InChI=1S/C13H16IN3/c1-2-15-7-11-4-3-5-12(6-11)9-17-10-13(14)8-16-17/h3-6,8,10,15H,2,7,9H2,1H3. The Balaban J connectivity index is 2.05. The Morgan fingerprint density at radius 2 is 2.18 bits per heavy atom. The second-order valence-electron chi connectivity index (χ2n) is 3.96. The third kappa shape index (κ3) is 3.81. The number of hydrogen-bond donors (Lipinski definition) is 1. The van der Waals surface area contributed by atoms with Crippen LogP contribution in [0.1, 0.15) is 18.1 Å². The zero-order valence-electron chi connectivity index (χ0n) is 9.86. The highest BCUT2D eigenvalue weighted by Crippen LogP contribution is 2.08. The molecule has 2 aromatic rings. The summed E-state index contributed by atoms with van der Waals surface area (Å²) in [5.41, 5.74) is 2.62. The fourth-order valence-electron chi connectivity index (χ4n) is 1.72. The van der Waals surface area contributed by atoms with Crippen molar-refractivity contribution in [2.45, 2.75) is 20.0 Å². The van der Waals surface area contributed by atoms with Crippen LogP contribution in [0.15, 0.2) is 36.7 Å². The molecule has 0 saturated carbocycles. The van der Waals surface area contributed by atoms with Crippen LogP contribution in [0.3, 0.4) is 0 Å². The van der Waals surface area contributed by atoms with Gasteiger partial charge in [0.25, 0.3) is 0 Å². The predicted molar refractivity (Wildman–Crippen MR) is 77.9 cm³/mol. The van der Waals surface area contributed by atoms with Crippen molar-refractivity contribution < 1.29 is 0 Å². The molecule has 0 aliphatic heterocycles. The monoisotopic (exact) mass is 341 g/mol. The Bertz CT molecular complexity index is 479. The molecule has 2 rings (SSSR count). The Morgan fingerprint density at radius 1 is 1.35 bits per heavy atom. The molecule has 17 heavy (non-hydrogen) atoms.